The zero-order valence-electron chi connectivity index (χ0n) is 15.6. The number of benzene rings is 3. The molecule has 2 nitrogen and oxygen atoms in total. The lowest BCUT2D eigenvalue weighted by atomic mass is 9.92. The summed E-state index contributed by atoms with van der Waals surface area (Å²) in [6.45, 7) is 0. The largest absolute Gasteiger partial charge is 0.347 e. The maximum Gasteiger partial charge on any atom is 0.0646 e. The molecule has 0 aliphatic carbocycles. The maximum atomic E-state index is 2.34. The standard InChI is InChI=1S/C25H22N2/c1-26-21-14-8-6-12-19(21)16-23(26)25(18-10-4-3-5-11-18)24-17-20-13-7-9-15-22(20)27(24)2/h3-17,25H,1-2H3. The fourth-order valence-corrected chi connectivity index (χ4v) is 4.31. The quantitative estimate of drug-likeness (QED) is 0.386. The van der Waals surface area contributed by atoms with Crippen LogP contribution in [0.3, 0.4) is 0 Å². The fourth-order valence-electron chi connectivity index (χ4n) is 4.31. The van der Waals surface area contributed by atoms with E-state index in [0.717, 1.165) is 0 Å². The summed E-state index contributed by atoms with van der Waals surface area (Å²) in [5.74, 6) is 0.181. The summed E-state index contributed by atoms with van der Waals surface area (Å²) in [6, 6.07) is 32.7. The van der Waals surface area contributed by atoms with Gasteiger partial charge in [-0.2, -0.15) is 0 Å². The van der Waals surface area contributed by atoms with E-state index in [1.807, 2.05) is 0 Å². The number of para-hydroxylation sites is 2. The van der Waals surface area contributed by atoms with Crippen molar-refractivity contribution in [1.82, 2.24) is 9.13 Å². The van der Waals surface area contributed by atoms with Gasteiger partial charge >= 0.3 is 0 Å². The third-order valence-electron chi connectivity index (χ3n) is 5.70. The molecule has 0 radical (unpaired) electrons. The molecule has 2 aromatic heterocycles. The van der Waals surface area contributed by atoms with E-state index >= 15 is 0 Å². The van der Waals surface area contributed by atoms with Crippen LogP contribution in [0, 0.1) is 0 Å². The highest BCUT2D eigenvalue weighted by Crippen LogP contribution is 2.37. The predicted octanol–water partition coefficient (Wildman–Crippen LogP) is 5.85. The highest BCUT2D eigenvalue weighted by molar-refractivity contribution is 5.84. The van der Waals surface area contributed by atoms with Crippen LogP contribution in [0.25, 0.3) is 21.8 Å². The smallest absolute Gasteiger partial charge is 0.0646 e. The topological polar surface area (TPSA) is 9.86 Å². The average Bonchev–Trinajstić information content (AvgIpc) is 3.22. The van der Waals surface area contributed by atoms with Crippen LogP contribution in [0.4, 0.5) is 0 Å². The van der Waals surface area contributed by atoms with E-state index < -0.39 is 0 Å². The van der Waals surface area contributed by atoms with Gasteiger partial charge in [-0.05, 0) is 40.6 Å². The van der Waals surface area contributed by atoms with Gasteiger partial charge in [0.1, 0.15) is 0 Å². The summed E-state index contributed by atoms with van der Waals surface area (Å²) in [4.78, 5) is 0. The van der Waals surface area contributed by atoms with Gasteiger partial charge in [0.25, 0.3) is 0 Å². The third-order valence-corrected chi connectivity index (χ3v) is 5.70. The van der Waals surface area contributed by atoms with E-state index in [1.54, 1.807) is 0 Å². The molecule has 132 valence electrons. The first-order valence-electron chi connectivity index (χ1n) is 9.37. The minimum atomic E-state index is 0.181. The molecule has 5 aromatic rings. The molecule has 0 aliphatic rings. The zero-order chi connectivity index (χ0) is 18.4. The normalized spacial score (nSPS) is 11.7. The van der Waals surface area contributed by atoms with Gasteiger partial charge in [0.05, 0.1) is 5.92 Å². The lowest BCUT2D eigenvalue weighted by Gasteiger charge is -2.20. The Morgan fingerprint density at radius 2 is 1.00 bits per heavy atom. The Hall–Kier alpha value is -3.26. The highest BCUT2D eigenvalue weighted by atomic mass is 15.0. The van der Waals surface area contributed by atoms with Crippen molar-refractivity contribution < 1.29 is 0 Å². The molecule has 5 rings (SSSR count). The first kappa shape index (κ1) is 16.0. The Morgan fingerprint density at radius 3 is 1.48 bits per heavy atom. The van der Waals surface area contributed by atoms with Gasteiger partial charge < -0.3 is 9.13 Å². The van der Waals surface area contributed by atoms with Crippen molar-refractivity contribution in [1.29, 1.82) is 0 Å². The highest BCUT2D eigenvalue weighted by Gasteiger charge is 2.24. The van der Waals surface area contributed by atoms with E-state index in [1.165, 1.54) is 38.8 Å². The van der Waals surface area contributed by atoms with Crippen LogP contribution < -0.4 is 0 Å². The van der Waals surface area contributed by atoms with Gasteiger partial charge in [0, 0.05) is 36.5 Å². The Morgan fingerprint density at radius 1 is 0.556 bits per heavy atom. The van der Waals surface area contributed by atoms with E-state index in [-0.39, 0.29) is 5.92 Å². The summed E-state index contributed by atoms with van der Waals surface area (Å²) in [6.07, 6.45) is 0. The zero-order valence-corrected chi connectivity index (χ0v) is 15.6. The van der Waals surface area contributed by atoms with Crippen molar-refractivity contribution in [3.63, 3.8) is 0 Å². The summed E-state index contributed by atoms with van der Waals surface area (Å²) in [5, 5.41) is 2.57. The Bertz CT molecular complexity index is 1160. The molecule has 0 spiro atoms. The Kier molecular flexibility index (Phi) is 3.64. The van der Waals surface area contributed by atoms with Crippen LogP contribution in [0.15, 0.2) is 91.0 Å². The maximum absolute atomic E-state index is 2.34. The molecule has 2 heteroatoms. The van der Waals surface area contributed by atoms with Gasteiger partial charge in [0.2, 0.25) is 0 Å². The number of fused-ring (bicyclic) bond motifs is 2. The lowest BCUT2D eigenvalue weighted by Crippen LogP contribution is -2.11. The molecule has 0 amide bonds. The van der Waals surface area contributed by atoms with Crippen LogP contribution in [0.5, 0.6) is 0 Å². The second-order valence-electron chi connectivity index (χ2n) is 7.22. The second-order valence-corrected chi connectivity index (χ2v) is 7.22. The lowest BCUT2D eigenvalue weighted by molar-refractivity contribution is 0.755. The van der Waals surface area contributed by atoms with Crippen LogP contribution in [0.2, 0.25) is 0 Å². The molecule has 0 atom stereocenters. The van der Waals surface area contributed by atoms with Gasteiger partial charge in [-0.3, -0.25) is 0 Å². The van der Waals surface area contributed by atoms with Crippen molar-refractivity contribution in [2.24, 2.45) is 14.1 Å². The molecule has 0 N–H and O–H groups in total. The number of hydrogen-bond donors (Lipinski definition) is 0. The van der Waals surface area contributed by atoms with Crippen LogP contribution in [-0.2, 0) is 14.1 Å². The number of hydrogen-bond acceptors (Lipinski definition) is 0. The third kappa shape index (κ3) is 2.48. The minimum Gasteiger partial charge on any atom is -0.347 e. The van der Waals surface area contributed by atoms with Gasteiger partial charge in [0.15, 0.2) is 0 Å². The molecule has 27 heavy (non-hydrogen) atoms. The molecule has 0 fully saturated rings. The molecular formula is C25H22N2. The van der Waals surface area contributed by atoms with Crippen molar-refractivity contribution in [2.45, 2.75) is 5.92 Å². The summed E-state index contributed by atoms with van der Waals surface area (Å²) in [7, 11) is 4.35. The van der Waals surface area contributed by atoms with Crippen molar-refractivity contribution in [2.75, 3.05) is 0 Å². The van der Waals surface area contributed by atoms with Crippen molar-refractivity contribution >= 4 is 21.8 Å². The molecule has 2 heterocycles. The number of nitrogens with zero attached hydrogens (tertiary/aromatic N) is 2. The van der Waals surface area contributed by atoms with Gasteiger partial charge in [-0.25, -0.2) is 0 Å². The molecule has 0 saturated heterocycles. The molecule has 0 bridgehead atoms. The number of aromatic nitrogens is 2. The van der Waals surface area contributed by atoms with Crippen LogP contribution >= 0.6 is 0 Å². The first-order chi connectivity index (χ1) is 13.2. The minimum absolute atomic E-state index is 0.181. The summed E-state index contributed by atoms with van der Waals surface area (Å²) < 4.78 is 4.68. The Labute approximate surface area is 159 Å². The van der Waals surface area contributed by atoms with Gasteiger partial charge in [-0.1, -0.05) is 66.7 Å². The van der Waals surface area contributed by atoms with Crippen molar-refractivity contribution in [3.8, 4) is 0 Å². The molecule has 3 aromatic carbocycles. The summed E-state index contributed by atoms with van der Waals surface area (Å²) >= 11 is 0. The number of aryl methyl sites for hydroxylation is 2. The second kappa shape index (κ2) is 6.17. The fraction of sp³-hybridized carbons (Fsp3) is 0.120. The van der Waals surface area contributed by atoms with Crippen molar-refractivity contribution in [3.05, 3.63) is 108 Å². The molecular weight excluding hydrogens is 328 g/mol. The molecule has 0 unspecified atom stereocenters. The number of rotatable bonds is 3. The van der Waals surface area contributed by atoms with Crippen LogP contribution in [0.1, 0.15) is 22.9 Å². The van der Waals surface area contributed by atoms with Gasteiger partial charge in [-0.15, -0.1) is 0 Å². The average molecular weight is 350 g/mol. The monoisotopic (exact) mass is 350 g/mol. The van der Waals surface area contributed by atoms with E-state index in [9.17, 15) is 0 Å². The Balaban J connectivity index is 1.81. The van der Waals surface area contributed by atoms with E-state index in [4.69, 9.17) is 0 Å². The predicted molar refractivity (Wildman–Crippen MR) is 113 cm³/mol. The molecule has 0 aliphatic heterocycles. The van der Waals surface area contributed by atoms with E-state index in [0.29, 0.717) is 0 Å². The van der Waals surface area contributed by atoms with E-state index in [2.05, 4.69) is 114 Å². The molecule has 0 saturated carbocycles. The summed E-state index contributed by atoms with van der Waals surface area (Å²) in [5.41, 5.74) is 6.48. The first-order valence-corrected chi connectivity index (χ1v) is 9.37. The SMILES string of the molecule is Cn1c(C(c2ccccc2)c2cc3ccccc3n2C)cc2ccccc21. The van der Waals surface area contributed by atoms with Crippen LogP contribution in [-0.4, -0.2) is 9.13 Å².